The summed E-state index contributed by atoms with van der Waals surface area (Å²) < 4.78 is 40.3. The highest BCUT2D eigenvalue weighted by Crippen LogP contribution is 2.21. The van der Waals surface area contributed by atoms with E-state index in [-0.39, 0.29) is 44.2 Å². The van der Waals surface area contributed by atoms with Crippen LogP contribution in [0.2, 0.25) is 0 Å². The van der Waals surface area contributed by atoms with Crippen molar-refractivity contribution in [2.75, 3.05) is 17.1 Å². The summed E-state index contributed by atoms with van der Waals surface area (Å²) in [6.07, 6.45) is 2.55. The van der Waals surface area contributed by atoms with Gasteiger partial charge < -0.3 is 10.2 Å². The molecule has 2 amide bonds. The Hall–Kier alpha value is -3.72. The Morgan fingerprint density at radius 3 is 2.02 bits per heavy atom. The van der Waals surface area contributed by atoms with Gasteiger partial charge in [0, 0.05) is 31.5 Å². The molecule has 0 radical (unpaired) electrons. The number of nitrogens with one attached hydrogen (secondary N) is 1. The molecule has 0 aliphatic rings. The number of nitrogens with zero attached hydrogens (tertiary/aromatic N) is 2. The molecule has 0 saturated heterocycles. The van der Waals surface area contributed by atoms with Crippen LogP contribution in [0, 0.1) is 5.82 Å². The average molecular weight is 596 g/mol. The second kappa shape index (κ2) is 14.4. The Kier molecular flexibility index (Phi) is 11.3. The predicted octanol–water partition coefficient (Wildman–Crippen LogP) is 5.49. The third-order valence-electron chi connectivity index (χ3n) is 6.82. The second-order valence-electron chi connectivity index (χ2n) is 11.6. The van der Waals surface area contributed by atoms with Gasteiger partial charge in [-0.05, 0) is 74.6 Å². The molecule has 3 rings (SSSR count). The third-order valence-corrected chi connectivity index (χ3v) is 8.01. The minimum Gasteiger partial charge on any atom is -0.350 e. The minimum absolute atomic E-state index is 0.0222. The predicted molar refractivity (Wildman–Crippen MR) is 166 cm³/mol. The molecule has 0 fully saturated rings. The molecule has 9 heteroatoms. The van der Waals surface area contributed by atoms with Crippen LogP contribution in [0.25, 0.3) is 0 Å². The van der Waals surface area contributed by atoms with E-state index >= 15 is 0 Å². The van der Waals surface area contributed by atoms with Crippen molar-refractivity contribution in [2.24, 2.45) is 0 Å². The molecule has 3 aromatic rings. The van der Waals surface area contributed by atoms with Crippen LogP contribution in [0.4, 0.5) is 10.1 Å². The first-order valence-corrected chi connectivity index (χ1v) is 16.1. The lowest BCUT2D eigenvalue weighted by Crippen LogP contribution is -2.54. The summed E-state index contributed by atoms with van der Waals surface area (Å²) in [7, 11) is -3.59. The van der Waals surface area contributed by atoms with Crippen LogP contribution in [0.1, 0.15) is 57.2 Å². The highest BCUT2D eigenvalue weighted by Gasteiger charge is 2.32. The van der Waals surface area contributed by atoms with Crippen LogP contribution < -0.4 is 9.62 Å². The number of halogens is 1. The summed E-state index contributed by atoms with van der Waals surface area (Å²) >= 11 is 0. The van der Waals surface area contributed by atoms with Crippen molar-refractivity contribution in [3.63, 3.8) is 0 Å². The summed E-state index contributed by atoms with van der Waals surface area (Å²) in [6, 6.07) is 21.8. The first kappa shape index (κ1) is 32.8. The molecule has 7 nitrogen and oxygen atoms in total. The van der Waals surface area contributed by atoms with E-state index < -0.39 is 27.4 Å². The Bertz CT molecular complexity index is 1420. The van der Waals surface area contributed by atoms with E-state index in [2.05, 4.69) is 5.32 Å². The lowest BCUT2D eigenvalue weighted by Gasteiger charge is -2.34. The number of carbonyl (C=O) groups is 2. The van der Waals surface area contributed by atoms with E-state index in [0.29, 0.717) is 11.3 Å². The third kappa shape index (κ3) is 9.98. The molecule has 0 aromatic heterocycles. The Morgan fingerprint density at radius 1 is 0.881 bits per heavy atom. The largest absolute Gasteiger partial charge is 0.350 e. The molecule has 226 valence electrons. The summed E-state index contributed by atoms with van der Waals surface area (Å²) in [5.41, 5.74) is 2.68. The first-order valence-electron chi connectivity index (χ1n) is 14.2. The average Bonchev–Trinajstić information content (AvgIpc) is 2.93. The number of amides is 2. The van der Waals surface area contributed by atoms with Crippen LogP contribution in [0.15, 0.2) is 78.9 Å². The zero-order valence-corrected chi connectivity index (χ0v) is 26.0. The number of hydrogen-bond acceptors (Lipinski definition) is 4. The van der Waals surface area contributed by atoms with Gasteiger partial charge in [-0.3, -0.25) is 13.9 Å². The van der Waals surface area contributed by atoms with E-state index in [9.17, 15) is 22.4 Å². The fourth-order valence-corrected chi connectivity index (χ4v) is 5.66. The monoisotopic (exact) mass is 595 g/mol. The van der Waals surface area contributed by atoms with Crippen molar-refractivity contribution in [1.82, 2.24) is 10.2 Å². The van der Waals surface area contributed by atoms with Gasteiger partial charge in [-0.1, -0.05) is 61.5 Å². The van der Waals surface area contributed by atoms with Crippen molar-refractivity contribution in [2.45, 2.75) is 71.5 Å². The lowest BCUT2D eigenvalue weighted by atomic mass is 10.00. The lowest BCUT2D eigenvalue weighted by molar-refractivity contribution is -0.142. The molecule has 0 unspecified atom stereocenters. The van der Waals surface area contributed by atoms with Crippen LogP contribution in [-0.2, 0) is 39.0 Å². The molecule has 0 saturated carbocycles. The standard InChI is InChI=1S/C33H42FN3O4S/c1-6-25-16-20-29(21-17-25)37(42(5,40)41)22-10-13-31(38)36(24-27-14-18-28(34)19-15-27)30(32(39)35-33(2,3)4)23-26-11-8-7-9-12-26/h7-9,11-12,14-21,30H,6,10,13,22-24H2,1-5H3,(H,35,39)/t30-/m1/s1. The van der Waals surface area contributed by atoms with Gasteiger partial charge in [0.15, 0.2) is 0 Å². The van der Waals surface area contributed by atoms with Gasteiger partial charge in [0.05, 0.1) is 11.9 Å². The van der Waals surface area contributed by atoms with Crippen LogP contribution in [-0.4, -0.2) is 49.5 Å². The summed E-state index contributed by atoms with van der Waals surface area (Å²) in [5.74, 6) is -0.981. The van der Waals surface area contributed by atoms with Gasteiger partial charge in [0.2, 0.25) is 21.8 Å². The number of aryl methyl sites for hydroxylation is 1. The number of benzene rings is 3. The summed E-state index contributed by atoms with van der Waals surface area (Å²) in [5, 5.41) is 3.01. The number of sulfonamides is 1. The zero-order valence-electron chi connectivity index (χ0n) is 25.1. The van der Waals surface area contributed by atoms with Crippen LogP contribution in [0.5, 0.6) is 0 Å². The topological polar surface area (TPSA) is 86.8 Å². The zero-order chi connectivity index (χ0) is 30.9. The fourth-order valence-electron chi connectivity index (χ4n) is 4.70. The maximum Gasteiger partial charge on any atom is 0.243 e. The van der Waals surface area contributed by atoms with Gasteiger partial charge in [0.25, 0.3) is 0 Å². The molecule has 0 bridgehead atoms. The number of hydrogen-bond donors (Lipinski definition) is 1. The first-order chi connectivity index (χ1) is 19.8. The van der Waals surface area contributed by atoms with Crippen molar-refractivity contribution in [3.8, 4) is 0 Å². The van der Waals surface area contributed by atoms with E-state index in [1.165, 1.54) is 21.3 Å². The van der Waals surface area contributed by atoms with E-state index in [0.717, 1.165) is 23.8 Å². The maximum absolute atomic E-state index is 13.9. The molecule has 42 heavy (non-hydrogen) atoms. The number of carbonyl (C=O) groups excluding carboxylic acids is 2. The van der Waals surface area contributed by atoms with E-state index in [1.54, 1.807) is 24.3 Å². The summed E-state index contributed by atoms with van der Waals surface area (Å²) in [6.45, 7) is 7.87. The Labute approximate surface area is 249 Å². The molecule has 3 aromatic carbocycles. The highest BCUT2D eigenvalue weighted by molar-refractivity contribution is 7.92. The van der Waals surface area contributed by atoms with Gasteiger partial charge in [-0.25, -0.2) is 12.8 Å². The molecule has 0 heterocycles. The Morgan fingerprint density at radius 2 is 1.48 bits per heavy atom. The Balaban J connectivity index is 1.88. The molecule has 0 aliphatic carbocycles. The van der Waals surface area contributed by atoms with E-state index in [4.69, 9.17) is 0 Å². The second-order valence-corrected chi connectivity index (χ2v) is 13.5. The number of anilines is 1. The van der Waals surface area contributed by atoms with Gasteiger partial charge in [-0.15, -0.1) is 0 Å². The van der Waals surface area contributed by atoms with Crippen molar-refractivity contribution < 1.29 is 22.4 Å². The maximum atomic E-state index is 13.9. The molecular weight excluding hydrogens is 553 g/mol. The molecular formula is C33H42FN3O4S. The van der Waals surface area contributed by atoms with Crippen LogP contribution >= 0.6 is 0 Å². The SMILES string of the molecule is CCc1ccc(N(CCCC(=O)N(Cc2ccc(F)cc2)[C@H](Cc2ccccc2)C(=O)NC(C)(C)C)S(C)(=O)=O)cc1. The molecule has 0 aliphatic heterocycles. The molecule has 1 atom stereocenters. The van der Waals surface area contributed by atoms with Crippen molar-refractivity contribution in [1.29, 1.82) is 0 Å². The quantitative estimate of drug-likeness (QED) is 0.283. The molecule has 0 spiro atoms. The minimum atomic E-state index is -3.59. The normalized spacial score (nSPS) is 12.4. The molecule has 1 N–H and O–H groups in total. The smallest absolute Gasteiger partial charge is 0.243 e. The van der Waals surface area contributed by atoms with E-state index in [1.807, 2.05) is 70.2 Å². The van der Waals surface area contributed by atoms with Gasteiger partial charge >= 0.3 is 0 Å². The van der Waals surface area contributed by atoms with Gasteiger partial charge in [0.1, 0.15) is 11.9 Å². The van der Waals surface area contributed by atoms with Crippen molar-refractivity contribution >= 4 is 27.5 Å². The van der Waals surface area contributed by atoms with Crippen molar-refractivity contribution in [3.05, 3.63) is 101 Å². The summed E-state index contributed by atoms with van der Waals surface area (Å²) in [4.78, 5) is 29.1. The van der Waals surface area contributed by atoms with Crippen LogP contribution in [0.3, 0.4) is 0 Å². The highest BCUT2D eigenvalue weighted by atomic mass is 32.2. The number of rotatable bonds is 13. The van der Waals surface area contributed by atoms with Gasteiger partial charge in [-0.2, -0.15) is 0 Å². The fraction of sp³-hybridized carbons (Fsp3) is 0.394.